The van der Waals surface area contributed by atoms with Crippen molar-refractivity contribution < 1.29 is 9.85 Å². The Morgan fingerprint density at radius 2 is 1.57 bits per heavy atom. The van der Waals surface area contributed by atoms with Gasteiger partial charge in [0.2, 0.25) is 0 Å². The molecule has 8 heteroatoms. The number of nitrogens with one attached hydrogen (secondary N) is 1. The Hall–Kier alpha value is -3.55. The lowest BCUT2D eigenvalue weighted by Crippen LogP contribution is -1.89. The van der Waals surface area contributed by atoms with E-state index in [0.717, 1.165) is 5.56 Å². The maximum atomic E-state index is 10.8. The van der Waals surface area contributed by atoms with Crippen LogP contribution in [0.15, 0.2) is 54.7 Å². The van der Waals surface area contributed by atoms with E-state index in [1.807, 2.05) is 0 Å². The standard InChI is InChI=1S/C15H10N4O4/c20-18(21)12-6-4-10(5-7-12)14-9-16-15(17-14)11-2-1-3-13(8-11)19(22)23/h1-9H,(H,16,17). The Morgan fingerprint density at radius 1 is 0.870 bits per heavy atom. The van der Waals surface area contributed by atoms with Gasteiger partial charge in [0.1, 0.15) is 5.82 Å². The van der Waals surface area contributed by atoms with Gasteiger partial charge in [-0.2, -0.15) is 0 Å². The molecular weight excluding hydrogens is 300 g/mol. The van der Waals surface area contributed by atoms with E-state index in [-0.39, 0.29) is 11.4 Å². The number of hydrogen-bond donors (Lipinski definition) is 1. The smallest absolute Gasteiger partial charge is 0.270 e. The van der Waals surface area contributed by atoms with Gasteiger partial charge >= 0.3 is 0 Å². The molecule has 1 aromatic heterocycles. The summed E-state index contributed by atoms with van der Waals surface area (Å²) >= 11 is 0. The summed E-state index contributed by atoms with van der Waals surface area (Å²) in [5.74, 6) is 0.488. The first kappa shape index (κ1) is 14.4. The summed E-state index contributed by atoms with van der Waals surface area (Å²) in [7, 11) is 0. The molecule has 114 valence electrons. The molecule has 23 heavy (non-hydrogen) atoms. The van der Waals surface area contributed by atoms with Crippen molar-refractivity contribution in [3.8, 4) is 22.6 Å². The maximum absolute atomic E-state index is 10.8. The van der Waals surface area contributed by atoms with Gasteiger partial charge in [-0.15, -0.1) is 0 Å². The molecule has 3 aromatic rings. The fraction of sp³-hybridized carbons (Fsp3) is 0. The van der Waals surface area contributed by atoms with Crippen LogP contribution in [0.4, 0.5) is 11.4 Å². The first-order valence-corrected chi connectivity index (χ1v) is 6.59. The van der Waals surface area contributed by atoms with Crippen LogP contribution in [0.5, 0.6) is 0 Å². The van der Waals surface area contributed by atoms with Gasteiger partial charge in [-0.1, -0.05) is 12.1 Å². The number of aromatic nitrogens is 2. The zero-order valence-corrected chi connectivity index (χ0v) is 11.7. The van der Waals surface area contributed by atoms with Gasteiger partial charge in [-0.3, -0.25) is 20.2 Å². The van der Waals surface area contributed by atoms with Gasteiger partial charge in [-0.05, 0) is 12.1 Å². The molecule has 8 nitrogen and oxygen atoms in total. The molecule has 0 aliphatic carbocycles. The number of H-pyrrole nitrogens is 1. The fourth-order valence-corrected chi connectivity index (χ4v) is 2.14. The number of nitro groups is 2. The van der Waals surface area contributed by atoms with Crippen LogP contribution in [-0.4, -0.2) is 19.8 Å². The molecule has 1 heterocycles. The number of imidazole rings is 1. The summed E-state index contributed by atoms with van der Waals surface area (Å²) in [5, 5.41) is 21.5. The van der Waals surface area contributed by atoms with Gasteiger partial charge in [0.25, 0.3) is 11.4 Å². The highest BCUT2D eigenvalue weighted by molar-refractivity contribution is 5.66. The van der Waals surface area contributed by atoms with Crippen molar-refractivity contribution in [1.82, 2.24) is 9.97 Å². The van der Waals surface area contributed by atoms with Crippen LogP contribution >= 0.6 is 0 Å². The summed E-state index contributed by atoms with van der Waals surface area (Å²) in [4.78, 5) is 27.8. The molecule has 0 aliphatic rings. The lowest BCUT2D eigenvalue weighted by molar-refractivity contribution is -0.385. The van der Waals surface area contributed by atoms with Crippen LogP contribution in [-0.2, 0) is 0 Å². The third-order valence-corrected chi connectivity index (χ3v) is 3.30. The summed E-state index contributed by atoms with van der Waals surface area (Å²) in [6.07, 6.45) is 1.58. The van der Waals surface area contributed by atoms with Crippen molar-refractivity contribution in [2.45, 2.75) is 0 Å². The Bertz CT molecular complexity index is 887. The van der Waals surface area contributed by atoms with E-state index < -0.39 is 9.85 Å². The first-order valence-electron chi connectivity index (χ1n) is 6.59. The molecule has 0 aliphatic heterocycles. The molecule has 0 saturated carbocycles. The number of non-ortho nitro benzene ring substituents is 2. The molecule has 0 spiro atoms. The van der Waals surface area contributed by atoms with E-state index in [4.69, 9.17) is 0 Å². The van der Waals surface area contributed by atoms with Crippen molar-refractivity contribution in [3.05, 3.63) is 75.0 Å². The predicted molar refractivity (Wildman–Crippen MR) is 82.8 cm³/mol. The number of hydrogen-bond acceptors (Lipinski definition) is 5. The molecule has 2 aromatic carbocycles. The lowest BCUT2D eigenvalue weighted by Gasteiger charge is -1.99. The van der Waals surface area contributed by atoms with E-state index >= 15 is 0 Å². The number of aromatic amines is 1. The fourth-order valence-electron chi connectivity index (χ4n) is 2.14. The van der Waals surface area contributed by atoms with Crippen molar-refractivity contribution >= 4 is 11.4 Å². The molecule has 1 N–H and O–H groups in total. The highest BCUT2D eigenvalue weighted by Crippen LogP contribution is 2.25. The van der Waals surface area contributed by atoms with Gasteiger partial charge in [-0.25, -0.2) is 4.98 Å². The first-order chi connectivity index (χ1) is 11.0. The van der Waals surface area contributed by atoms with Crippen LogP contribution in [0, 0.1) is 20.2 Å². The van der Waals surface area contributed by atoms with Crippen LogP contribution in [0.25, 0.3) is 22.6 Å². The molecule has 0 fully saturated rings. The molecule has 0 atom stereocenters. The minimum Gasteiger partial charge on any atom is -0.338 e. The van der Waals surface area contributed by atoms with E-state index in [2.05, 4.69) is 9.97 Å². The van der Waals surface area contributed by atoms with Gasteiger partial charge in [0.05, 0.1) is 21.7 Å². The number of nitrogens with zero attached hydrogens (tertiary/aromatic N) is 3. The number of rotatable bonds is 4. The van der Waals surface area contributed by atoms with Crippen molar-refractivity contribution in [3.63, 3.8) is 0 Å². The molecule has 3 rings (SSSR count). The van der Waals surface area contributed by atoms with Crippen LogP contribution < -0.4 is 0 Å². The third-order valence-electron chi connectivity index (χ3n) is 3.30. The zero-order chi connectivity index (χ0) is 16.4. The highest BCUT2D eigenvalue weighted by atomic mass is 16.6. The largest absolute Gasteiger partial charge is 0.338 e. The maximum Gasteiger partial charge on any atom is 0.270 e. The monoisotopic (exact) mass is 310 g/mol. The molecule has 0 amide bonds. The topological polar surface area (TPSA) is 115 Å². The average molecular weight is 310 g/mol. The second-order valence-electron chi connectivity index (χ2n) is 4.76. The van der Waals surface area contributed by atoms with E-state index in [9.17, 15) is 20.2 Å². The number of nitro benzene ring substituents is 2. The summed E-state index contributed by atoms with van der Waals surface area (Å²) in [5.41, 5.74) is 1.98. The summed E-state index contributed by atoms with van der Waals surface area (Å²) < 4.78 is 0. The molecule has 0 unspecified atom stereocenters. The predicted octanol–water partition coefficient (Wildman–Crippen LogP) is 3.56. The lowest BCUT2D eigenvalue weighted by atomic mass is 10.1. The Morgan fingerprint density at radius 3 is 2.22 bits per heavy atom. The second kappa shape index (κ2) is 5.68. The Balaban J connectivity index is 1.92. The highest BCUT2D eigenvalue weighted by Gasteiger charge is 2.11. The minimum atomic E-state index is -0.469. The van der Waals surface area contributed by atoms with E-state index in [0.29, 0.717) is 17.1 Å². The van der Waals surface area contributed by atoms with Crippen LogP contribution in [0.3, 0.4) is 0 Å². The second-order valence-corrected chi connectivity index (χ2v) is 4.76. The zero-order valence-electron chi connectivity index (χ0n) is 11.7. The Labute approximate surface area is 129 Å². The number of benzene rings is 2. The van der Waals surface area contributed by atoms with E-state index in [1.54, 1.807) is 30.5 Å². The van der Waals surface area contributed by atoms with Gasteiger partial charge in [0.15, 0.2) is 0 Å². The van der Waals surface area contributed by atoms with Crippen molar-refractivity contribution in [1.29, 1.82) is 0 Å². The van der Waals surface area contributed by atoms with Crippen molar-refractivity contribution in [2.75, 3.05) is 0 Å². The molecular formula is C15H10N4O4. The van der Waals surface area contributed by atoms with Gasteiger partial charge in [0, 0.05) is 35.4 Å². The van der Waals surface area contributed by atoms with Crippen LogP contribution in [0.2, 0.25) is 0 Å². The average Bonchev–Trinajstić information content (AvgIpc) is 3.05. The SMILES string of the molecule is O=[N+]([O-])c1ccc(-c2cnc(-c3cccc([N+](=O)[O-])c3)[nH]2)cc1. The summed E-state index contributed by atoms with van der Waals surface area (Å²) in [6, 6.07) is 12.2. The third kappa shape index (κ3) is 2.91. The quantitative estimate of drug-likeness (QED) is 0.584. The van der Waals surface area contributed by atoms with E-state index in [1.165, 1.54) is 24.3 Å². The normalized spacial score (nSPS) is 10.4. The van der Waals surface area contributed by atoms with Gasteiger partial charge < -0.3 is 4.98 Å². The Kier molecular flexibility index (Phi) is 3.55. The molecule has 0 saturated heterocycles. The van der Waals surface area contributed by atoms with Crippen molar-refractivity contribution in [2.24, 2.45) is 0 Å². The van der Waals surface area contributed by atoms with Crippen LogP contribution in [0.1, 0.15) is 0 Å². The molecule has 0 radical (unpaired) electrons. The minimum absolute atomic E-state index is 0.00664. The summed E-state index contributed by atoms with van der Waals surface area (Å²) in [6.45, 7) is 0. The molecule has 0 bridgehead atoms.